The molecule has 112 valence electrons. The monoisotopic (exact) mass is 282 g/mol. The summed E-state index contributed by atoms with van der Waals surface area (Å²) >= 11 is 0. The van der Waals surface area contributed by atoms with E-state index < -0.39 is 0 Å². The van der Waals surface area contributed by atoms with E-state index >= 15 is 0 Å². The summed E-state index contributed by atoms with van der Waals surface area (Å²) in [5.74, 6) is 1.63. The van der Waals surface area contributed by atoms with Gasteiger partial charge in [-0.3, -0.25) is 0 Å². The van der Waals surface area contributed by atoms with Crippen molar-refractivity contribution in [2.24, 2.45) is 5.92 Å². The fourth-order valence-corrected chi connectivity index (χ4v) is 3.08. The van der Waals surface area contributed by atoms with Gasteiger partial charge in [-0.1, -0.05) is 38.1 Å². The molecule has 21 heavy (non-hydrogen) atoms. The number of hydrogen-bond acceptors (Lipinski definition) is 1. The molecule has 2 aromatic carbocycles. The van der Waals surface area contributed by atoms with E-state index in [9.17, 15) is 0 Å². The smallest absolute Gasteiger partial charge is 0.122 e. The molecule has 2 rings (SSSR count). The molecule has 0 saturated carbocycles. The molecule has 0 aliphatic carbocycles. The molecule has 0 amide bonds. The summed E-state index contributed by atoms with van der Waals surface area (Å²) in [6.07, 6.45) is 1.13. The van der Waals surface area contributed by atoms with Gasteiger partial charge in [0.2, 0.25) is 0 Å². The first-order valence-corrected chi connectivity index (χ1v) is 7.68. The molecule has 0 atom stereocenters. The van der Waals surface area contributed by atoms with E-state index in [2.05, 4.69) is 65.0 Å². The van der Waals surface area contributed by atoms with Crippen molar-refractivity contribution in [1.82, 2.24) is 0 Å². The third-order valence-electron chi connectivity index (χ3n) is 4.19. The number of ether oxygens (including phenoxy) is 1. The predicted molar refractivity (Wildman–Crippen MR) is 91.2 cm³/mol. The second-order valence-corrected chi connectivity index (χ2v) is 6.27. The molecule has 0 aromatic heterocycles. The van der Waals surface area contributed by atoms with E-state index in [1.165, 1.54) is 33.4 Å². The molecule has 0 spiro atoms. The van der Waals surface area contributed by atoms with Crippen LogP contribution >= 0.6 is 0 Å². The molecule has 2 aromatic rings. The Balaban J connectivity index is 2.62. The highest BCUT2D eigenvalue weighted by atomic mass is 16.5. The van der Waals surface area contributed by atoms with Crippen molar-refractivity contribution in [1.29, 1.82) is 0 Å². The number of methoxy groups -OCH3 is 1. The summed E-state index contributed by atoms with van der Waals surface area (Å²) in [5.41, 5.74) is 8.02. The van der Waals surface area contributed by atoms with Gasteiger partial charge in [-0.05, 0) is 72.6 Å². The summed E-state index contributed by atoms with van der Waals surface area (Å²) in [4.78, 5) is 0. The van der Waals surface area contributed by atoms with Crippen LogP contribution in [-0.4, -0.2) is 7.11 Å². The first kappa shape index (κ1) is 15.6. The van der Waals surface area contributed by atoms with Gasteiger partial charge in [0.1, 0.15) is 5.75 Å². The van der Waals surface area contributed by atoms with Crippen LogP contribution in [0.5, 0.6) is 5.75 Å². The molecular weight excluding hydrogens is 256 g/mol. The summed E-state index contributed by atoms with van der Waals surface area (Å²) in [5, 5.41) is 0. The molecule has 0 heterocycles. The average Bonchev–Trinajstić information content (AvgIpc) is 2.42. The van der Waals surface area contributed by atoms with E-state index in [0.29, 0.717) is 5.92 Å². The second kappa shape index (κ2) is 6.34. The van der Waals surface area contributed by atoms with Crippen LogP contribution in [0.3, 0.4) is 0 Å². The number of rotatable bonds is 4. The highest BCUT2D eigenvalue weighted by Crippen LogP contribution is 2.36. The Morgan fingerprint density at radius 2 is 1.67 bits per heavy atom. The van der Waals surface area contributed by atoms with E-state index in [4.69, 9.17) is 4.74 Å². The minimum Gasteiger partial charge on any atom is -0.496 e. The van der Waals surface area contributed by atoms with Crippen LogP contribution < -0.4 is 4.74 Å². The maximum atomic E-state index is 5.50. The number of hydrogen-bond donors (Lipinski definition) is 0. The molecule has 0 unspecified atom stereocenters. The van der Waals surface area contributed by atoms with Gasteiger partial charge in [0.05, 0.1) is 7.11 Å². The summed E-state index contributed by atoms with van der Waals surface area (Å²) in [7, 11) is 1.74. The fourth-order valence-electron chi connectivity index (χ4n) is 3.08. The minimum absolute atomic E-state index is 0.673. The molecule has 0 fully saturated rings. The van der Waals surface area contributed by atoms with Gasteiger partial charge in [-0.15, -0.1) is 0 Å². The second-order valence-electron chi connectivity index (χ2n) is 6.27. The summed E-state index contributed by atoms with van der Waals surface area (Å²) in [6.45, 7) is 11.1. The van der Waals surface area contributed by atoms with Gasteiger partial charge in [0, 0.05) is 0 Å². The van der Waals surface area contributed by atoms with Gasteiger partial charge in [-0.25, -0.2) is 0 Å². The van der Waals surface area contributed by atoms with Crippen molar-refractivity contribution < 1.29 is 4.74 Å². The molecule has 0 aliphatic heterocycles. The Morgan fingerprint density at radius 1 is 0.952 bits per heavy atom. The first-order valence-electron chi connectivity index (χ1n) is 7.68. The summed E-state index contributed by atoms with van der Waals surface area (Å²) < 4.78 is 5.50. The molecule has 0 bridgehead atoms. The maximum Gasteiger partial charge on any atom is 0.122 e. The van der Waals surface area contributed by atoms with E-state index in [0.717, 1.165) is 12.2 Å². The van der Waals surface area contributed by atoms with Gasteiger partial charge in [0.15, 0.2) is 0 Å². The Kier molecular flexibility index (Phi) is 4.72. The molecule has 0 aliphatic rings. The zero-order valence-corrected chi connectivity index (χ0v) is 14.1. The number of aryl methyl sites for hydroxylation is 1. The van der Waals surface area contributed by atoms with Gasteiger partial charge in [-0.2, -0.15) is 0 Å². The van der Waals surface area contributed by atoms with Crippen molar-refractivity contribution in [2.75, 3.05) is 7.11 Å². The SMILES string of the molecule is COc1ccc(C)c(-c2cccc(CC(C)C)c2C)c1C. The van der Waals surface area contributed by atoms with Crippen LogP contribution in [0, 0.1) is 26.7 Å². The quantitative estimate of drug-likeness (QED) is 0.721. The van der Waals surface area contributed by atoms with Gasteiger partial charge in [0.25, 0.3) is 0 Å². The van der Waals surface area contributed by atoms with E-state index in [-0.39, 0.29) is 0 Å². The number of benzene rings is 2. The lowest BCUT2D eigenvalue weighted by Gasteiger charge is -2.18. The van der Waals surface area contributed by atoms with Gasteiger partial charge < -0.3 is 4.74 Å². The average molecular weight is 282 g/mol. The Bertz CT molecular complexity index is 639. The van der Waals surface area contributed by atoms with Crippen molar-refractivity contribution in [3.8, 4) is 16.9 Å². The third-order valence-corrected chi connectivity index (χ3v) is 4.19. The van der Waals surface area contributed by atoms with Crippen molar-refractivity contribution in [3.05, 3.63) is 52.6 Å². The van der Waals surface area contributed by atoms with Gasteiger partial charge >= 0.3 is 0 Å². The van der Waals surface area contributed by atoms with Crippen LogP contribution in [0.4, 0.5) is 0 Å². The summed E-state index contributed by atoms with van der Waals surface area (Å²) in [6, 6.07) is 10.9. The first-order chi connectivity index (χ1) is 9.95. The predicted octanol–water partition coefficient (Wildman–Crippen LogP) is 5.49. The third kappa shape index (κ3) is 3.12. The Labute approximate surface area is 129 Å². The van der Waals surface area contributed by atoms with Crippen LogP contribution in [0.15, 0.2) is 30.3 Å². The molecule has 1 nitrogen and oxygen atoms in total. The Hall–Kier alpha value is -1.76. The lowest BCUT2D eigenvalue weighted by molar-refractivity contribution is 0.412. The normalized spacial score (nSPS) is 11.0. The standard InChI is InChI=1S/C20H26O/c1-13(2)12-17-8-7-9-18(15(17)4)20-14(3)10-11-19(21-6)16(20)5/h7-11,13H,12H2,1-6H3. The minimum atomic E-state index is 0.673. The van der Waals surface area contributed by atoms with Crippen molar-refractivity contribution in [2.45, 2.75) is 41.0 Å². The van der Waals surface area contributed by atoms with Crippen molar-refractivity contribution in [3.63, 3.8) is 0 Å². The molecular formula is C20H26O. The zero-order chi connectivity index (χ0) is 15.6. The molecule has 1 heteroatoms. The largest absolute Gasteiger partial charge is 0.496 e. The fraction of sp³-hybridized carbons (Fsp3) is 0.400. The zero-order valence-electron chi connectivity index (χ0n) is 14.1. The topological polar surface area (TPSA) is 9.23 Å². The van der Waals surface area contributed by atoms with Crippen LogP contribution in [0.2, 0.25) is 0 Å². The van der Waals surface area contributed by atoms with Crippen LogP contribution in [0.25, 0.3) is 11.1 Å². The highest BCUT2D eigenvalue weighted by Gasteiger charge is 2.14. The highest BCUT2D eigenvalue weighted by molar-refractivity contribution is 5.76. The lowest BCUT2D eigenvalue weighted by Crippen LogP contribution is -2.00. The van der Waals surface area contributed by atoms with Crippen LogP contribution in [-0.2, 0) is 6.42 Å². The van der Waals surface area contributed by atoms with E-state index in [1.807, 2.05) is 0 Å². The van der Waals surface area contributed by atoms with Crippen molar-refractivity contribution >= 4 is 0 Å². The Morgan fingerprint density at radius 3 is 2.29 bits per heavy atom. The lowest BCUT2D eigenvalue weighted by atomic mass is 9.88. The maximum absolute atomic E-state index is 5.50. The van der Waals surface area contributed by atoms with Crippen LogP contribution in [0.1, 0.15) is 36.1 Å². The molecule has 0 N–H and O–H groups in total. The van der Waals surface area contributed by atoms with E-state index in [1.54, 1.807) is 7.11 Å². The molecule has 0 saturated heterocycles. The molecule has 0 radical (unpaired) electrons.